The van der Waals surface area contributed by atoms with Gasteiger partial charge in [-0.15, -0.1) is 11.8 Å². The lowest BCUT2D eigenvalue weighted by atomic mass is 10.1. The molecule has 1 aromatic rings. The van der Waals surface area contributed by atoms with Crippen molar-refractivity contribution in [1.29, 1.82) is 0 Å². The fourth-order valence-electron chi connectivity index (χ4n) is 2.17. The van der Waals surface area contributed by atoms with Crippen molar-refractivity contribution in [3.05, 3.63) is 29.6 Å². The van der Waals surface area contributed by atoms with Gasteiger partial charge in [0.1, 0.15) is 11.7 Å². The molecule has 2 rings (SSSR count). The second-order valence-corrected chi connectivity index (χ2v) is 5.64. The predicted molar refractivity (Wildman–Crippen MR) is 73.1 cm³/mol. The monoisotopic (exact) mass is 280 g/mol. The summed E-state index contributed by atoms with van der Waals surface area (Å²) in [5.41, 5.74) is 1.11. The SMILES string of the molecule is CCC1SCC(C(=O)O)N1C(=O)c1ncccc1C. The number of thioether (sulfide) groups is 1. The van der Waals surface area contributed by atoms with Gasteiger partial charge in [-0.25, -0.2) is 4.79 Å². The first-order valence-electron chi connectivity index (χ1n) is 6.15. The van der Waals surface area contributed by atoms with Crippen LogP contribution in [0.15, 0.2) is 18.3 Å². The summed E-state index contributed by atoms with van der Waals surface area (Å²) >= 11 is 1.51. The molecule has 1 amide bonds. The second kappa shape index (κ2) is 5.61. The van der Waals surface area contributed by atoms with Crippen LogP contribution in [-0.2, 0) is 4.79 Å². The highest BCUT2D eigenvalue weighted by Crippen LogP contribution is 2.32. The van der Waals surface area contributed by atoms with Crippen LogP contribution in [0, 0.1) is 6.92 Å². The molecule has 1 N–H and O–H groups in total. The van der Waals surface area contributed by atoms with Gasteiger partial charge in [-0.1, -0.05) is 13.0 Å². The Morgan fingerprint density at radius 3 is 2.89 bits per heavy atom. The van der Waals surface area contributed by atoms with Gasteiger partial charge < -0.3 is 10.0 Å². The third kappa shape index (κ3) is 2.58. The third-order valence-electron chi connectivity index (χ3n) is 3.17. The number of carbonyl (C=O) groups is 2. The maximum Gasteiger partial charge on any atom is 0.327 e. The van der Waals surface area contributed by atoms with E-state index >= 15 is 0 Å². The van der Waals surface area contributed by atoms with Crippen molar-refractivity contribution >= 4 is 23.6 Å². The van der Waals surface area contributed by atoms with Crippen molar-refractivity contribution in [2.45, 2.75) is 31.7 Å². The fourth-order valence-corrected chi connectivity index (χ4v) is 3.52. The van der Waals surface area contributed by atoms with E-state index in [2.05, 4.69) is 4.98 Å². The molecule has 1 aromatic heterocycles. The maximum absolute atomic E-state index is 12.5. The number of aliphatic carboxylic acids is 1. The van der Waals surface area contributed by atoms with Crippen molar-refractivity contribution in [2.75, 3.05) is 5.75 Å². The number of carboxylic acid groups (broad SMARTS) is 1. The van der Waals surface area contributed by atoms with Gasteiger partial charge in [0.2, 0.25) is 0 Å². The lowest BCUT2D eigenvalue weighted by Gasteiger charge is -2.26. The molecule has 0 saturated carbocycles. The Hall–Kier alpha value is -1.56. The van der Waals surface area contributed by atoms with Crippen molar-refractivity contribution in [1.82, 2.24) is 9.88 Å². The van der Waals surface area contributed by atoms with Gasteiger partial charge in [-0.2, -0.15) is 0 Å². The molecule has 6 heteroatoms. The summed E-state index contributed by atoms with van der Waals surface area (Å²) in [6.07, 6.45) is 2.28. The van der Waals surface area contributed by atoms with E-state index in [1.54, 1.807) is 25.3 Å². The van der Waals surface area contributed by atoms with Gasteiger partial charge in [0, 0.05) is 11.9 Å². The Kier molecular flexibility index (Phi) is 4.09. The van der Waals surface area contributed by atoms with E-state index in [1.165, 1.54) is 16.7 Å². The highest BCUT2D eigenvalue weighted by Gasteiger charge is 2.41. The molecule has 1 aliphatic rings. The fraction of sp³-hybridized carbons (Fsp3) is 0.462. The average molecular weight is 280 g/mol. The summed E-state index contributed by atoms with van der Waals surface area (Å²) < 4.78 is 0. The number of rotatable bonds is 3. The molecule has 2 unspecified atom stereocenters. The molecule has 0 spiro atoms. The number of hydrogen-bond donors (Lipinski definition) is 1. The molecule has 5 nitrogen and oxygen atoms in total. The molecular weight excluding hydrogens is 264 g/mol. The minimum absolute atomic E-state index is 0.0880. The van der Waals surface area contributed by atoms with Gasteiger partial charge in [0.25, 0.3) is 5.91 Å². The normalized spacial score (nSPS) is 22.5. The van der Waals surface area contributed by atoms with E-state index in [4.69, 9.17) is 0 Å². The third-order valence-corrected chi connectivity index (χ3v) is 4.63. The number of carboxylic acids is 1. The first-order valence-corrected chi connectivity index (χ1v) is 7.19. The van der Waals surface area contributed by atoms with Gasteiger partial charge in [-0.3, -0.25) is 9.78 Å². The Bertz CT molecular complexity index is 506. The van der Waals surface area contributed by atoms with E-state index in [9.17, 15) is 14.7 Å². The summed E-state index contributed by atoms with van der Waals surface area (Å²) in [6, 6.07) is 2.81. The van der Waals surface area contributed by atoms with E-state index in [1.807, 2.05) is 6.92 Å². The molecule has 2 atom stereocenters. The molecule has 0 aliphatic carbocycles. The summed E-state index contributed by atoms with van der Waals surface area (Å²) in [6.45, 7) is 3.76. The molecular formula is C13H16N2O3S. The van der Waals surface area contributed by atoms with Crippen LogP contribution in [0.2, 0.25) is 0 Å². The van der Waals surface area contributed by atoms with Crippen LogP contribution < -0.4 is 0 Å². The molecule has 2 heterocycles. The van der Waals surface area contributed by atoms with Crippen LogP contribution in [-0.4, -0.2) is 44.0 Å². The summed E-state index contributed by atoms with van der Waals surface area (Å²) in [5.74, 6) is -0.807. The number of carbonyl (C=O) groups excluding carboxylic acids is 1. The zero-order valence-corrected chi connectivity index (χ0v) is 11.7. The Morgan fingerprint density at radius 2 is 2.32 bits per heavy atom. The van der Waals surface area contributed by atoms with E-state index in [0.29, 0.717) is 11.4 Å². The minimum Gasteiger partial charge on any atom is -0.480 e. The van der Waals surface area contributed by atoms with Crippen LogP contribution in [0.5, 0.6) is 0 Å². The molecule has 19 heavy (non-hydrogen) atoms. The number of aromatic nitrogens is 1. The van der Waals surface area contributed by atoms with Crippen LogP contribution in [0.1, 0.15) is 29.4 Å². The number of hydrogen-bond acceptors (Lipinski definition) is 4. The van der Waals surface area contributed by atoms with Crippen LogP contribution in [0.3, 0.4) is 0 Å². The van der Waals surface area contributed by atoms with Crippen molar-refractivity contribution in [3.63, 3.8) is 0 Å². The molecule has 1 fully saturated rings. The second-order valence-electron chi connectivity index (χ2n) is 4.43. The lowest BCUT2D eigenvalue weighted by Crippen LogP contribution is -2.45. The van der Waals surface area contributed by atoms with Crippen molar-refractivity contribution < 1.29 is 14.7 Å². The Balaban J connectivity index is 2.34. The molecule has 0 radical (unpaired) electrons. The summed E-state index contributed by atoms with van der Waals surface area (Å²) in [4.78, 5) is 29.4. The molecule has 1 aliphatic heterocycles. The maximum atomic E-state index is 12.5. The zero-order valence-electron chi connectivity index (χ0n) is 10.9. The lowest BCUT2D eigenvalue weighted by molar-refractivity contribution is -0.141. The average Bonchev–Trinajstić information content (AvgIpc) is 2.82. The van der Waals surface area contributed by atoms with Gasteiger partial charge in [0.05, 0.1) is 5.37 Å². The topological polar surface area (TPSA) is 70.5 Å². The zero-order chi connectivity index (χ0) is 14.0. The number of amides is 1. The number of pyridine rings is 1. The number of aryl methyl sites for hydroxylation is 1. The molecule has 0 bridgehead atoms. The van der Waals surface area contributed by atoms with E-state index in [-0.39, 0.29) is 11.3 Å². The highest BCUT2D eigenvalue weighted by molar-refractivity contribution is 8.00. The van der Waals surface area contributed by atoms with Gasteiger partial charge >= 0.3 is 5.97 Å². The smallest absolute Gasteiger partial charge is 0.327 e. The molecule has 102 valence electrons. The van der Waals surface area contributed by atoms with E-state index in [0.717, 1.165) is 12.0 Å². The first-order chi connectivity index (χ1) is 9.06. The number of nitrogens with zero attached hydrogens (tertiary/aromatic N) is 2. The quantitative estimate of drug-likeness (QED) is 0.913. The largest absolute Gasteiger partial charge is 0.480 e. The highest BCUT2D eigenvalue weighted by atomic mass is 32.2. The van der Waals surface area contributed by atoms with Crippen molar-refractivity contribution in [2.24, 2.45) is 0 Å². The molecule has 0 aromatic carbocycles. The Morgan fingerprint density at radius 1 is 1.58 bits per heavy atom. The first kappa shape index (κ1) is 13.9. The van der Waals surface area contributed by atoms with Gasteiger partial charge in [0.15, 0.2) is 0 Å². The minimum atomic E-state index is -0.953. The predicted octanol–water partition coefficient (Wildman–Crippen LogP) is 1.77. The summed E-state index contributed by atoms with van der Waals surface area (Å²) in [7, 11) is 0. The van der Waals surface area contributed by atoms with Gasteiger partial charge in [-0.05, 0) is 25.0 Å². The van der Waals surface area contributed by atoms with Crippen molar-refractivity contribution in [3.8, 4) is 0 Å². The van der Waals surface area contributed by atoms with Crippen LogP contribution in [0.25, 0.3) is 0 Å². The molecule has 1 saturated heterocycles. The Labute approximate surface area is 116 Å². The summed E-state index contributed by atoms with van der Waals surface area (Å²) in [5, 5.41) is 9.15. The van der Waals surface area contributed by atoms with Crippen LogP contribution in [0.4, 0.5) is 0 Å². The standard InChI is InChI=1S/C13H16N2O3S/c1-3-10-15(9(7-19-10)13(17)18)12(16)11-8(2)5-4-6-14-11/h4-6,9-10H,3,7H2,1-2H3,(H,17,18). The van der Waals surface area contributed by atoms with E-state index < -0.39 is 12.0 Å². The van der Waals surface area contributed by atoms with Crippen LogP contribution >= 0.6 is 11.8 Å².